The lowest BCUT2D eigenvalue weighted by atomic mass is 10.0. The summed E-state index contributed by atoms with van der Waals surface area (Å²) in [6, 6.07) is 6.94. The van der Waals surface area contributed by atoms with Crippen molar-refractivity contribution < 1.29 is 19.5 Å². The summed E-state index contributed by atoms with van der Waals surface area (Å²) in [7, 11) is 0. The van der Waals surface area contributed by atoms with Crippen LogP contribution in [0.2, 0.25) is 0 Å². The predicted octanol–water partition coefficient (Wildman–Crippen LogP) is 1.51. The average Bonchev–Trinajstić information content (AvgIpc) is 2.62. The van der Waals surface area contributed by atoms with Gasteiger partial charge < -0.3 is 5.11 Å². The Morgan fingerprint density at radius 3 is 2.50 bits per heavy atom. The first-order valence-corrected chi connectivity index (χ1v) is 6.32. The Bertz CT molecular complexity index is 499. The first-order chi connectivity index (χ1) is 8.58. The van der Waals surface area contributed by atoms with Gasteiger partial charge in [0.25, 0.3) is 5.24 Å². The Hall–Kier alpha value is -1.82. The van der Waals surface area contributed by atoms with E-state index < -0.39 is 5.97 Å². The van der Waals surface area contributed by atoms with Gasteiger partial charge in [0.1, 0.15) is 0 Å². The Balaban J connectivity index is 2.20. The van der Waals surface area contributed by atoms with E-state index in [1.54, 1.807) is 24.3 Å². The van der Waals surface area contributed by atoms with Crippen molar-refractivity contribution in [3.63, 3.8) is 0 Å². The topological polar surface area (TPSA) is 74.7 Å². The SMILES string of the molecule is O=C(O)Cc1ccccc1CN1C(=O)CSC1=O. The highest BCUT2D eigenvalue weighted by molar-refractivity contribution is 8.14. The molecule has 0 radical (unpaired) electrons. The molecule has 18 heavy (non-hydrogen) atoms. The van der Waals surface area contributed by atoms with Crippen LogP contribution in [0.5, 0.6) is 0 Å². The summed E-state index contributed by atoms with van der Waals surface area (Å²) < 4.78 is 0. The van der Waals surface area contributed by atoms with Crippen molar-refractivity contribution in [3.8, 4) is 0 Å². The molecule has 0 unspecified atom stereocenters. The molecule has 0 aliphatic carbocycles. The Kier molecular flexibility index (Phi) is 3.66. The number of carbonyl (C=O) groups excluding carboxylic acids is 2. The smallest absolute Gasteiger partial charge is 0.307 e. The first kappa shape index (κ1) is 12.6. The van der Waals surface area contributed by atoms with Gasteiger partial charge in [-0.05, 0) is 11.1 Å². The molecular weight excluding hydrogens is 254 g/mol. The van der Waals surface area contributed by atoms with Crippen LogP contribution in [-0.2, 0) is 22.6 Å². The summed E-state index contributed by atoms with van der Waals surface area (Å²) in [6.45, 7) is 0.147. The van der Waals surface area contributed by atoms with E-state index >= 15 is 0 Å². The number of hydrogen-bond donors (Lipinski definition) is 1. The van der Waals surface area contributed by atoms with Crippen LogP contribution in [-0.4, -0.2) is 32.9 Å². The molecule has 1 heterocycles. The maximum absolute atomic E-state index is 11.5. The van der Waals surface area contributed by atoms with Crippen LogP contribution >= 0.6 is 11.8 Å². The van der Waals surface area contributed by atoms with E-state index in [-0.39, 0.29) is 29.9 Å². The van der Waals surface area contributed by atoms with E-state index in [9.17, 15) is 14.4 Å². The van der Waals surface area contributed by atoms with Crippen molar-refractivity contribution in [2.24, 2.45) is 0 Å². The molecule has 0 aromatic heterocycles. The van der Waals surface area contributed by atoms with Crippen LogP contribution in [0.1, 0.15) is 11.1 Å². The fourth-order valence-corrected chi connectivity index (χ4v) is 2.48. The molecule has 1 N–H and O–H groups in total. The summed E-state index contributed by atoms with van der Waals surface area (Å²) in [5, 5.41) is 8.53. The number of amides is 2. The number of carbonyl (C=O) groups is 3. The predicted molar refractivity (Wildman–Crippen MR) is 66.2 cm³/mol. The van der Waals surface area contributed by atoms with Gasteiger partial charge in [-0.15, -0.1) is 0 Å². The lowest BCUT2D eigenvalue weighted by molar-refractivity contribution is -0.136. The standard InChI is InChI=1S/C12H11NO4S/c14-10-7-18-12(17)13(10)6-9-4-2-1-3-8(9)5-11(15)16/h1-4H,5-7H2,(H,15,16). The van der Waals surface area contributed by atoms with Crippen LogP contribution in [0.25, 0.3) is 0 Å². The third-order valence-corrected chi connectivity index (χ3v) is 3.49. The molecule has 1 fully saturated rings. The van der Waals surface area contributed by atoms with E-state index in [1.165, 1.54) is 0 Å². The summed E-state index contributed by atoms with van der Waals surface area (Å²) in [6.07, 6.45) is -0.112. The van der Waals surface area contributed by atoms with Gasteiger partial charge in [0.15, 0.2) is 0 Å². The monoisotopic (exact) mass is 265 g/mol. The van der Waals surface area contributed by atoms with Crippen molar-refractivity contribution in [1.29, 1.82) is 0 Å². The zero-order valence-electron chi connectivity index (χ0n) is 9.46. The summed E-state index contributed by atoms with van der Waals surface area (Å²) in [5.74, 6) is -0.994. The Morgan fingerprint density at radius 1 is 1.28 bits per heavy atom. The molecular formula is C12H11NO4S. The van der Waals surface area contributed by atoms with Gasteiger partial charge in [-0.2, -0.15) is 0 Å². The molecule has 6 heteroatoms. The third-order valence-electron chi connectivity index (χ3n) is 2.63. The number of rotatable bonds is 4. The number of carboxylic acids is 1. The molecule has 1 aromatic carbocycles. The Labute approximate surface area is 108 Å². The van der Waals surface area contributed by atoms with E-state index in [1.807, 2.05) is 0 Å². The van der Waals surface area contributed by atoms with Crippen molar-refractivity contribution >= 4 is 28.9 Å². The zero-order chi connectivity index (χ0) is 13.1. The molecule has 1 aliphatic heterocycles. The number of nitrogens with zero attached hydrogens (tertiary/aromatic N) is 1. The normalized spacial score (nSPS) is 15.2. The van der Waals surface area contributed by atoms with Crippen LogP contribution in [0.3, 0.4) is 0 Å². The van der Waals surface area contributed by atoms with Gasteiger partial charge in [0.2, 0.25) is 5.91 Å². The summed E-state index contributed by atoms with van der Waals surface area (Å²) >= 11 is 0.974. The molecule has 1 aromatic rings. The average molecular weight is 265 g/mol. The van der Waals surface area contributed by atoms with E-state index in [4.69, 9.17) is 5.11 Å². The largest absolute Gasteiger partial charge is 0.481 e. The number of benzene rings is 1. The zero-order valence-corrected chi connectivity index (χ0v) is 10.3. The van der Waals surface area contributed by atoms with Gasteiger partial charge in [-0.1, -0.05) is 36.0 Å². The summed E-state index contributed by atoms with van der Waals surface area (Å²) in [5.41, 5.74) is 1.33. The lowest BCUT2D eigenvalue weighted by Gasteiger charge is -2.15. The molecule has 0 bridgehead atoms. The minimum absolute atomic E-state index is 0.112. The maximum Gasteiger partial charge on any atom is 0.307 e. The molecule has 0 spiro atoms. The second kappa shape index (κ2) is 5.22. The molecule has 94 valence electrons. The quantitative estimate of drug-likeness (QED) is 0.893. The molecule has 0 atom stereocenters. The molecule has 2 amide bonds. The van der Waals surface area contributed by atoms with Gasteiger partial charge in [0, 0.05) is 0 Å². The fraction of sp³-hybridized carbons (Fsp3) is 0.250. The number of hydrogen-bond acceptors (Lipinski definition) is 4. The van der Waals surface area contributed by atoms with Crippen molar-refractivity contribution in [3.05, 3.63) is 35.4 Å². The maximum atomic E-state index is 11.5. The Morgan fingerprint density at radius 2 is 1.94 bits per heavy atom. The lowest BCUT2D eigenvalue weighted by Crippen LogP contribution is -2.28. The highest BCUT2D eigenvalue weighted by Crippen LogP contribution is 2.22. The van der Waals surface area contributed by atoms with Crippen LogP contribution < -0.4 is 0 Å². The second-order valence-corrected chi connectivity index (χ2v) is 4.80. The fourth-order valence-electron chi connectivity index (χ4n) is 1.75. The van der Waals surface area contributed by atoms with Gasteiger partial charge >= 0.3 is 5.97 Å². The van der Waals surface area contributed by atoms with E-state index in [2.05, 4.69) is 0 Å². The van der Waals surface area contributed by atoms with Crippen LogP contribution in [0.15, 0.2) is 24.3 Å². The number of aliphatic carboxylic acids is 1. The molecule has 1 aliphatic rings. The highest BCUT2D eigenvalue weighted by atomic mass is 32.2. The highest BCUT2D eigenvalue weighted by Gasteiger charge is 2.30. The first-order valence-electron chi connectivity index (χ1n) is 5.33. The third kappa shape index (κ3) is 2.70. The minimum Gasteiger partial charge on any atom is -0.481 e. The van der Waals surface area contributed by atoms with E-state index in [0.717, 1.165) is 16.7 Å². The van der Waals surface area contributed by atoms with Gasteiger partial charge in [-0.3, -0.25) is 19.3 Å². The molecule has 5 nitrogen and oxygen atoms in total. The number of imide groups is 1. The van der Waals surface area contributed by atoms with Crippen LogP contribution in [0, 0.1) is 0 Å². The van der Waals surface area contributed by atoms with Gasteiger partial charge in [0.05, 0.1) is 18.7 Å². The van der Waals surface area contributed by atoms with Crippen molar-refractivity contribution in [2.75, 3.05) is 5.75 Å². The number of carboxylic acid groups (broad SMARTS) is 1. The van der Waals surface area contributed by atoms with Gasteiger partial charge in [-0.25, -0.2) is 0 Å². The number of thioether (sulfide) groups is 1. The van der Waals surface area contributed by atoms with Crippen molar-refractivity contribution in [1.82, 2.24) is 4.90 Å². The molecule has 1 saturated heterocycles. The van der Waals surface area contributed by atoms with Crippen LogP contribution in [0.4, 0.5) is 4.79 Å². The van der Waals surface area contributed by atoms with E-state index in [0.29, 0.717) is 11.1 Å². The molecule has 2 rings (SSSR count). The second-order valence-electron chi connectivity index (χ2n) is 3.87. The summed E-state index contributed by atoms with van der Waals surface area (Å²) in [4.78, 5) is 34.9. The van der Waals surface area contributed by atoms with Crippen molar-refractivity contribution in [2.45, 2.75) is 13.0 Å². The minimum atomic E-state index is -0.934. The molecule has 0 saturated carbocycles.